The zero-order chi connectivity index (χ0) is 26.3. The number of rotatable bonds is 9. The third-order valence-electron chi connectivity index (χ3n) is 6.99. The van der Waals surface area contributed by atoms with Crippen LogP contribution >= 0.6 is 0 Å². The van der Waals surface area contributed by atoms with Crippen LogP contribution in [0.25, 0.3) is 5.69 Å². The molecule has 0 aliphatic carbocycles. The molecular formula is C27H34N8O3. The lowest BCUT2D eigenvalue weighted by atomic mass is 10.1. The van der Waals surface area contributed by atoms with Gasteiger partial charge >= 0.3 is 5.69 Å². The highest BCUT2D eigenvalue weighted by atomic mass is 16.5. The van der Waals surface area contributed by atoms with Gasteiger partial charge in [0.25, 0.3) is 0 Å². The van der Waals surface area contributed by atoms with Gasteiger partial charge in [-0.3, -0.25) is 4.99 Å². The average molecular weight is 519 g/mol. The Morgan fingerprint density at radius 2 is 1.66 bits per heavy atom. The van der Waals surface area contributed by atoms with E-state index in [2.05, 4.69) is 49.1 Å². The van der Waals surface area contributed by atoms with Crippen LogP contribution in [0.4, 0.5) is 11.4 Å². The van der Waals surface area contributed by atoms with E-state index in [1.54, 1.807) is 17.9 Å². The molecule has 0 bridgehead atoms. The number of hydrogen-bond donors (Lipinski definition) is 1. The van der Waals surface area contributed by atoms with Crippen molar-refractivity contribution in [3.8, 4) is 11.4 Å². The van der Waals surface area contributed by atoms with Crippen molar-refractivity contribution >= 4 is 24.1 Å². The Bertz CT molecular complexity index is 1290. The standard InChI is InChI=1S/C27H34N8O3/c1-32-27(36)35(20-31-32)24-4-2-22(3-5-24)33-10-12-34(13-11-33)23-6-8-25(9-7-23)37-16-21-14-26(38-17-21)15-29-19-30-18-28/h2-9,18-21,26H,10-17H2,1H3,(H2,28,29,30). The predicted molar refractivity (Wildman–Crippen MR) is 149 cm³/mol. The second kappa shape index (κ2) is 12.0. The van der Waals surface area contributed by atoms with Crippen molar-refractivity contribution in [2.45, 2.75) is 12.5 Å². The first-order valence-corrected chi connectivity index (χ1v) is 12.9. The van der Waals surface area contributed by atoms with Crippen molar-refractivity contribution < 1.29 is 9.47 Å². The Morgan fingerprint density at radius 3 is 2.26 bits per heavy atom. The predicted octanol–water partition coefficient (Wildman–Crippen LogP) is 1.70. The summed E-state index contributed by atoms with van der Waals surface area (Å²) < 4.78 is 14.7. The van der Waals surface area contributed by atoms with Crippen LogP contribution in [0.2, 0.25) is 0 Å². The lowest BCUT2D eigenvalue weighted by Gasteiger charge is -2.37. The van der Waals surface area contributed by atoms with Crippen molar-refractivity contribution in [3.63, 3.8) is 0 Å². The number of anilines is 2. The Kier molecular flexibility index (Phi) is 8.03. The van der Waals surface area contributed by atoms with Gasteiger partial charge in [0.2, 0.25) is 0 Å². The summed E-state index contributed by atoms with van der Waals surface area (Å²) in [7, 11) is 1.65. The number of aliphatic imine (C=N–C) groups is 2. The highest BCUT2D eigenvalue weighted by Gasteiger charge is 2.25. The van der Waals surface area contributed by atoms with Crippen LogP contribution in [-0.2, 0) is 11.8 Å². The lowest BCUT2D eigenvalue weighted by Crippen LogP contribution is -2.46. The van der Waals surface area contributed by atoms with Gasteiger partial charge in [-0.15, -0.1) is 0 Å². The van der Waals surface area contributed by atoms with Crippen LogP contribution < -0.4 is 26.0 Å². The third-order valence-corrected chi connectivity index (χ3v) is 6.99. The van der Waals surface area contributed by atoms with Crippen LogP contribution in [0.5, 0.6) is 5.75 Å². The van der Waals surface area contributed by atoms with Gasteiger partial charge in [-0.1, -0.05) is 0 Å². The maximum absolute atomic E-state index is 12.1. The average Bonchev–Trinajstić information content (AvgIpc) is 3.56. The van der Waals surface area contributed by atoms with E-state index in [0.717, 1.165) is 49.7 Å². The molecule has 0 saturated carbocycles. The van der Waals surface area contributed by atoms with Crippen LogP contribution in [-0.4, -0.2) is 79.1 Å². The number of ether oxygens (including phenoxy) is 2. The van der Waals surface area contributed by atoms with E-state index in [9.17, 15) is 4.79 Å². The fourth-order valence-electron chi connectivity index (χ4n) is 4.85. The van der Waals surface area contributed by atoms with Crippen molar-refractivity contribution in [2.24, 2.45) is 28.7 Å². The Labute approximate surface area is 221 Å². The molecule has 1 aromatic heterocycles. The van der Waals surface area contributed by atoms with Gasteiger partial charge in [-0.05, 0) is 55.0 Å². The molecule has 11 nitrogen and oxygen atoms in total. The normalized spacial score (nSPS) is 20.1. The maximum atomic E-state index is 12.1. The molecule has 3 heterocycles. The minimum atomic E-state index is -0.153. The summed E-state index contributed by atoms with van der Waals surface area (Å²) in [6.07, 6.45) is 5.26. The summed E-state index contributed by atoms with van der Waals surface area (Å²) in [6.45, 7) is 5.63. The second-order valence-corrected chi connectivity index (χ2v) is 9.54. The molecule has 2 aliphatic heterocycles. The summed E-state index contributed by atoms with van der Waals surface area (Å²) >= 11 is 0. The first-order chi connectivity index (χ1) is 18.6. The molecule has 2 aliphatic rings. The molecule has 2 fully saturated rings. The third kappa shape index (κ3) is 6.05. The van der Waals surface area contributed by atoms with E-state index in [4.69, 9.17) is 15.2 Å². The molecule has 11 heteroatoms. The van der Waals surface area contributed by atoms with Crippen molar-refractivity contribution in [3.05, 3.63) is 65.3 Å². The first kappa shape index (κ1) is 25.5. The number of benzene rings is 2. The van der Waals surface area contributed by atoms with E-state index < -0.39 is 0 Å². The monoisotopic (exact) mass is 518 g/mol. The minimum absolute atomic E-state index is 0.109. The molecular weight excluding hydrogens is 484 g/mol. The van der Waals surface area contributed by atoms with Gasteiger partial charge in [-0.2, -0.15) is 5.10 Å². The van der Waals surface area contributed by atoms with E-state index in [-0.39, 0.29) is 11.8 Å². The maximum Gasteiger partial charge on any atom is 0.350 e. The van der Waals surface area contributed by atoms with E-state index in [1.165, 1.54) is 23.0 Å². The molecule has 2 saturated heterocycles. The fraction of sp³-hybridized carbons (Fsp3) is 0.407. The number of hydrogen-bond acceptors (Lipinski definition) is 7. The summed E-state index contributed by atoms with van der Waals surface area (Å²) in [4.78, 5) is 24.9. The van der Waals surface area contributed by atoms with Crippen LogP contribution in [0, 0.1) is 5.92 Å². The number of nitrogens with two attached hydrogens (primary N) is 1. The summed E-state index contributed by atoms with van der Waals surface area (Å²) in [6, 6.07) is 16.4. The summed E-state index contributed by atoms with van der Waals surface area (Å²) in [5.41, 5.74) is 8.22. The summed E-state index contributed by atoms with van der Waals surface area (Å²) in [5, 5.41) is 4.02. The van der Waals surface area contributed by atoms with E-state index in [1.807, 2.05) is 24.3 Å². The SMILES string of the molecule is Cn1ncn(-c2ccc(N3CCN(c4ccc(OCC5COC(CN=CN=CN)C5)cc4)CC3)cc2)c1=O. The molecule has 2 unspecified atom stereocenters. The van der Waals surface area contributed by atoms with Crippen LogP contribution in [0.1, 0.15) is 6.42 Å². The van der Waals surface area contributed by atoms with Gasteiger partial charge in [0.05, 0.1) is 37.9 Å². The number of aromatic nitrogens is 3. The zero-order valence-corrected chi connectivity index (χ0v) is 21.6. The van der Waals surface area contributed by atoms with Gasteiger partial charge < -0.3 is 25.0 Å². The number of aryl methyl sites for hydroxylation is 1. The topological polar surface area (TPSA) is 116 Å². The van der Waals surface area contributed by atoms with Gasteiger partial charge in [0.1, 0.15) is 18.4 Å². The smallest absolute Gasteiger partial charge is 0.350 e. The van der Waals surface area contributed by atoms with Gasteiger partial charge in [0.15, 0.2) is 0 Å². The zero-order valence-electron chi connectivity index (χ0n) is 21.6. The highest BCUT2D eigenvalue weighted by Crippen LogP contribution is 2.25. The lowest BCUT2D eigenvalue weighted by molar-refractivity contribution is 0.108. The largest absolute Gasteiger partial charge is 0.493 e. The Morgan fingerprint density at radius 1 is 1.03 bits per heavy atom. The molecule has 5 rings (SSSR count). The first-order valence-electron chi connectivity index (χ1n) is 12.9. The second-order valence-electron chi connectivity index (χ2n) is 9.54. The number of nitrogens with zero attached hydrogens (tertiary/aromatic N) is 7. The molecule has 3 aromatic rings. The van der Waals surface area contributed by atoms with Crippen LogP contribution in [0.15, 0.2) is 69.6 Å². The summed E-state index contributed by atoms with van der Waals surface area (Å²) in [5.74, 6) is 1.24. The minimum Gasteiger partial charge on any atom is -0.493 e. The fourth-order valence-corrected chi connectivity index (χ4v) is 4.85. The van der Waals surface area contributed by atoms with Crippen molar-refractivity contribution in [1.29, 1.82) is 0 Å². The Hall–Kier alpha value is -4.12. The highest BCUT2D eigenvalue weighted by molar-refractivity contribution is 5.69. The molecule has 2 N–H and O–H groups in total. The van der Waals surface area contributed by atoms with Gasteiger partial charge in [-0.25, -0.2) is 19.0 Å². The molecule has 2 aromatic carbocycles. The molecule has 38 heavy (non-hydrogen) atoms. The molecule has 0 amide bonds. The molecule has 2 atom stereocenters. The molecule has 200 valence electrons. The quantitative estimate of drug-likeness (QED) is 0.339. The van der Waals surface area contributed by atoms with Gasteiger partial charge in [0, 0.05) is 50.5 Å². The van der Waals surface area contributed by atoms with E-state index in [0.29, 0.717) is 25.7 Å². The van der Waals surface area contributed by atoms with Crippen molar-refractivity contribution in [1.82, 2.24) is 14.3 Å². The molecule has 0 radical (unpaired) electrons. The van der Waals surface area contributed by atoms with Crippen LogP contribution in [0.3, 0.4) is 0 Å². The molecule has 0 spiro atoms. The Balaban J connectivity index is 1.07. The van der Waals surface area contributed by atoms with E-state index >= 15 is 0 Å². The number of piperazine rings is 1. The van der Waals surface area contributed by atoms with Crippen molar-refractivity contribution in [2.75, 3.05) is 55.7 Å².